The first-order chi connectivity index (χ1) is 9.11. The number of nitrogens with one attached hydrogen (secondary N) is 3. The molecule has 102 valence electrons. The van der Waals surface area contributed by atoms with Gasteiger partial charge in [0.25, 0.3) is 0 Å². The number of carbonyl (C=O) groups excluding carboxylic acids is 2. The van der Waals surface area contributed by atoms with Gasteiger partial charge in [-0.2, -0.15) is 0 Å². The lowest BCUT2D eigenvalue weighted by Gasteiger charge is -2.11. The summed E-state index contributed by atoms with van der Waals surface area (Å²) in [6.07, 6.45) is 0.859. The third kappa shape index (κ3) is 3.08. The average molecular weight is 265 g/mol. The molecule has 0 aliphatic carbocycles. The van der Waals surface area contributed by atoms with Crippen LogP contribution < -0.4 is 16.0 Å². The van der Waals surface area contributed by atoms with Crippen LogP contribution in [-0.4, -0.2) is 24.9 Å². The molecule has 2 rings (SSSR count). The topological polar surface area (TPSA) is 70.2 Å². The van der Waals surface area contributed by atoms with Gasteiger partial charge in [-0.25, -0.2) is 4.39 Å². The van der Waals surface area contributed by atoms with Crippen LogP contribution in [0.15, 0.2) is 18.2 Å². The molecular weight excluding hydrogens is 249 g/mol. The van der Waals surface area contributed by atoms with Crippen LogP contribution in [0.2, 0.25) is 0 Å². The molecule has 1 aromatic rings. The zero-order valence-electron chi connectivity index (χ0n) is 10.6. The molecule has 1 heterocycles. The van der Waals surface area contributed by atoms with Crippen LogP contribution in [-0.2, 0) is 9.59 Å². The molecule has 0 radical (unpaired) electrons. The summed E-state index contributed by atoms with van der Waals surface area (Å²) in [5.74, 6) is -0.838. The van der Waals surface area contributed by atoms with Gasteiger partial charge in [0.1, 0.15) is 11.9 Å². The van der Waals surface area contributed by atoms with E-state index in [1.165, 1.54) is 12.1 Å². The number of halogens is 1. The Morgan fingerprint density at radius 1 is 1.47 bits per heavy atom. The van der Waals surface area contributed by atoms with Crippen molar-refractivity contribution in [1.29, 1.82) is 0 Å². The lowest BCUT2D eigenvalue weighted by atomic mass is 10.1. The molecule has 1 unspecified atom stereocenters. The van der Waals surface area contributed by atoms with Crippen molar-refractivity contribution in [2.24, 2.45) is 0 Å². The van der Waals surface area contributed by atoms with Crippen LogP contribution in [0.25, 0.3) is 0 Å². The highest BCUT2D eigenvalue weighted by molar-refractivity contribution is 6.02. The summed E-state index contributed by atoms with van der Waals surface area (Å²) in [6, 6.07) is 3.50. The number of amides is 2. The second kappa shape index (κ2) is 5.79. The molecule has 1 aliphatic heterocycles. The highest BCUT2D eigenvalue weighted by Crippen LogP contribution is 2.30. The van der Waals surface area contributed by atoms with Crippen molar-refractivity contribution in [3.63, 3.8) is 0 Å². The average Bonchev–Trinajstić information content (AvgIpc) is 2.68. The molecule has 2 amide bonds. The van der Waals surface area contributed by atoms with Crippen molar-refractivity contribution in [1.82, 2.24) is 10.6 Å². The first-order valence-electron chi connectivity index (χ1n) is 6.22. The fourth-order valence-corrected chi connectivity index (χ4v) is 1.96. The van der Waals surface area contributed by atoms with Gasteiger partial charge in [-0.3, -0.25) is 14.9 Å². The molecule has 5 nitrogen and oxygen atoms in total. The number of rotatable bonds is 5. The van der Waals surface area contributed by atoms with Crippen LogP contribution in [0.5, 0.6) is 0 Å². The van der Waals surface area contributed by atoms with Crippen molar-refractivity contribution >= 4 is 17.5 Å². The van der Waals surface area contributed by atoms with E-state index in [0.717, 1.165) is 6.42 Å². The van der Waals surface area contributed by atoms with Crippen molar-refractivity contribution < 1.29 is 14.0 Å². The number of fused-ring (bicyclic) bond motifs is 1. The summed E-state index contributed by atoms with van der Waals surface area (Å²) in [5.41, 5.74) is 1.12. The summed E-state index contributed by atoms with van der Waals surface area (Å²) in [6.45, 7) is 2.62. The van der Waals surface area contributed by atoms with E-state index >= 15 is 0 Å². The zero-order valence-corrected chi connectivity index (χ0v) is 10.6. The number of hydrogen-bond donors (Lipinski definition) is 3. The Hall–Kier alpha value is -1.95. The maximum Gasteiger partial charge on any atom is 0.246 e. The molecule has 19 heavy (non-hydrogen) atoms. The van der Waals surface area contributed by atoms with E-state index < -0.39 is 11.9 Å². The maximum absolute atomic E-state index is 13.0. The third-order valence-corrected chi connectivity index (χ3v) is 2.89. The van der Waals surface area contributed by atoms with Gasteiger partial charge in [0.15, 0.2) is 0 Å². The fourth-order valence-electron chi connectivity index (χ4n) is 1.96. The van der Waals surface area contributed by atoms with E-state index in [1.54, 1.807) is 6.07 Å². The quantitative estimate of drug-likeness (QED) is 0.742. The van der Waals surface area contributed by atoms with E-state index in [0.29, 0.717) is 17.8 Å². The molecule has 6 heteroatoms. The smallest absolute Gasteiger partial charge is 0.246 e. The lowest BCUT2D eigenvalue weighted by molar-refractivity contribution is -0.121. The lowest BCUT2D eigenvalue weighted by Crippen LogP contribution is -2.38. The number of benzene rings is 1. The highest BCUT2D eigenvalue weighted by atomic mass is 19.1. The Morgan fingerprint density at radius 3 is 3.00 bits per heavy atom. The summed E-state index contributed by atoms with van der Waals surface area (Å²) in [4.78, 5) is 23.2. The van der Waals surface area contributed by atoms with Crippen LogP contribution >= 0.6 is 0 Å². The van der Waals surface area contributed by atoms with Crippen LogP contribution in [0.1, 0.15) is 24.9 Å². The Morgan fingerprint density at radius 2 is 2.26 bits per heavy atom. The molecule has 0 saturated carbocycles. The minimum atomic E-state index is -0.608. The van der Waals surface area contributed by atoms with Gasteiger partial charge in [0, 0.05) is 17.8 Å². The minimum Gasteiger partial charge on any atom is -0.355 e. The van der Waals surface area contributed by atoms with Gasteiger partial charge in [-0.1, -0.05) is 13.0 Å². The van der Waals surface area contributed by atoms with Crippen molar-refractivity contribution in [2.75, 3.05) is 18.4 Å². The van der Waals surface area contributed by atoms with E-state index in [2.05, 4.69) is 16.0 Å². The van der Waals surface area contributed by atoms with Gasteiger partial charge in [0.05, 0.1) is 6.54 Å². The van der Waals surface area contributed by atoms with Gasteiger partial charge in [-0.15, -0.1) is 0 Å². The highest BCUT2D eigenvalue weighted by Gasteiger charge is 2.30. The predicted molar refractivity (Wildman–Crippen MR) is 69.1 cm³/mol. The van der Waals surface area contributed by atoms with Crippen molar-refractivity contribution in [3.05, 3.63) is 29.6 Å². The largest absolute Gasteiger partial charge is 0.355 e. The Kier molecular flexibility index (Phi) is 4.11. The Balaban J connectivity index is 1.98. The second-order valence-corrected chi connectivity index (χ2v) is 4.38. The van der Waals surface area contributed by atoms with Crippen molar-refractivity contribution in [3.8, 4) is 0 Å². The summed E-state index contributed by atoms with van der Waals surface area (Å²) in [5, 5.41) is 8.16. The van der Waals surface area contributed by atoms with Crippen LogP contribution in [0.3, 0.4) is 0 Å². The second-order valence-electron chi connectivity index (χ2n) is 4.38. The first-order valence-corrected chi connectivity index (χ1v) is 6.22. The van der Waals surface area contributed by atoms with Gasteiger partial charge in [-0.05, 0) is 18.6 Å². The molecule has 0 fully saturated rings. The SMILES string of the molecule is CCCNC(=O)CNC1C(=O)Nc2cc(F)ccc21. The number of hydrogen-bond acceptors (Lipinski definition) is 3. The number of carbonyl (C=O) groups is 2. The first kappa shape index (κ1) is 13.5. The molecule has 1 aliphatic rings. The zero-order chi connectivity index (χ0) is 13.8. The molecule has 0 bridgehead atoms. The van der Waals surface area contributed by atoms with Crippen molar-refractivity contribution in [2.45, 2.75) is 19.4 Å². The normalized spacial score (nSPS) is 16.9. The molecule has 1 atom stereocenters. The summed E-state index contributed by atoms with van der Waals surface area (Å²) >= 11 is 0. The van der Waals surface area contributed by atoms with Crippen LogP contribution in [0, 0.1) is 5.82 Å². The fraction of sp³-hybridized carbons (Fsp3) is 0.385. The molecule has 0 saturated heterocycles. The predicted octanol–water partition coefficient (Wildman–Crippen LogP) is 0.935. The Labute approximate surface area is 110 Å². The van der Waals surface area contributed by atoms with E-state index in [4.69, 9.17) is 0 Å². The standard InChI is InChI=1S/C13H16FN3O2/c1-2-5-15-11(18)7-16-12-9-4-3-8(14)6-10(9)17-13(12)19/h3-4,6,12,16H,2,5,7H2,1H3,(H,15,18)(H,17,19). The minimum absolute atomic E-state index is 0.0505. The van der Waals surface area contributed by atoms with E-state index in [-0.39, 0.29) is 18.4 Å². The molecule has 3 N–H and O–H groups in total. The molecular formula is C13H16FN3O2. The van der Waals surface area contributed by atoms with Gasteiger partial charge in [0.2, 0.25) is 11.8 Å². The molecule has 1 aromatic carbocycles. The maximum atomic E-state index is 13.0. The van der Waals surface area contributed by atoms with Crippen LogP contribution in [0.4, 0.5) is 10.1 Å². The molecule has 0 aromatic heterocycles. The van der Waals surface area contributed by atoms with Gasteiger partial charge >= 0.3 is 0 Å². The molecule has 0 spiro atoms. The van der Waals surface area contributed by atoms with Gasteiger partial charge < -0.3 is 10.6 Å². The summed E-state index contributed by atoms with van der Waals surface area (Å²) in [7, 11) is 0. The Bertz CT molecular complexity index is 505. The number of anilines is 1. The monoisotopic (exact) mass is 265 g/mol. The van der Waals surface area contributed by atoms with E-state index in [9.17, 15) is 14.0 Å². The summed E-state index contributed by atoms with van der Waals surface area (Å²) < 4.78 is 13.0. The third-order valence-electron chi connectivity index (χ3n) is 2.89. The van der Waals surface area contributed by atoms with E-state index in [1.807, 2.05) is 6.92 Å².